The standard InChI is InChI=1S/C19H22OS/c1-4-6-15-7-5-8-17(13-15)19(14(2)20)16-9-11-18(21-3)12-10-16/h5,7-13,19H,4,6H2,1-3H3. The van der Waals surface area contributed by atoms with Gasteiger partial charge in [-0.25, -0.2) is 0 Å². The molecule has 0 amide bonds. The Morgan fingerprint density at radius 3 is 2.38 bits per heavy atom. The Hall–Kier alpha value is -1.54. The summed E-state index contributed by atoms with van der Waals surface area (Å²) in [5.41, 5.74) is 3.49. The van der Waals surface area contributed by atoms with Crippen LogP contribution in [0.1, 0.15) is 42.9 Å². The zero-order valence-corrected chi connectivity index (χ0v) is 13.7. The summed E-state index contributed by atoms with van der Waals surface area (Å²) in [5.74, 6) is 0.0401. The Kier molecular flexibility index (Phi) is 5.63. The van der Waals surface area contributed by atoms with Gasteiger partial charge in [-0.3, -0.25) is 4.79 Å². The average Bonchev–Trinajstić information content (AvgIpc) is 2.48. The van der Waals surface area contributed by atoms with E-state index in [1.807, 2.05) is 0 Å². The topological polar surface area (TPSA) is 17.1 Å². The first-order chi connectivity index (χ1) is 10.2. The second kappa shape index (κ2) is 7.46. The zero-order valence-electron chi connectivity index (χ0n) is 12.9. The van der Waals surface area contributed by atoms with Gasteiger partial charge in [0.25, 0.3) is 0 Å². The third kappa shape index (κ3) is 3.98. The van der Waals surface area contributed by atoms with E-state index in [0.29, 0.717) is 0 Å². The Bertz CT molecular complexity index is 601. The van der Waals surface area contributed by atoms with Gasteiger partial charge in [0, 0.05) is 4.90 Å². The number of carbonyl (C=O) groups is 1. The van der Waals surface area contributed by atoms with Crippen LogP contribution in [0.3, 0.4) is 0 Å². The quantitative estimate of drug-likeness (QED) is 0.692. The predicted octanol–water partition coefficient (Wildman–Crippen LogP) is 5.08. The molecule has 2 heteroatoms. The van der Waals surface area contributed by atoms with Gasteiger partial charge in [0.05, 0.1) is 5.92 Å². The SMILES string of the molecule is CCCc1cccc(C(C(C)=O)c2ccc(SC)cc2)c1. The molecule has 0 bridgehead atoms. The lowest BCUT2D eigenvalue weighted by Gasteiger charge is -2.16. The summed E-state index contributed by atoms with van der Waals surface area (Å²) in [6, 6.07) is 16.8. The minimum Gasteiger partial charge on any atom is -0.299 e. The summed E-state index contributed by atoms with van der Waals surface area (Å²) in [7, 11) is 0. The molecule has 0 aromatic heterocycles. The number of carbonyl (C=O) groups excluding carboxylic acids is 1. The Labute approximate surface area is 131 Å². The van der Waals surface area contributed by atoms with Gasteiger partial charge in [0.15, 0.2) is 0 Å². The van der Waals surface area contributed by atoms with Crippen LogP contribution in [-0.2, 0) is 11.2 Å². The summed E-state index contributed by atoms with van der Waals surface area (Å²) in [6.45, 7) is 3.86. The van der Waals surface area contributed by atoms with Crippen LogP contribution >= 0.6 is 11.8 Å². The molecular formula is C19H22OS. The van der Waals surface area contributed by atoms with E-state index in [2.05, 4.69) is 61.7 Å². The molecule has 0 radical (unpaired) electrons. The fourth-order valence-corrected chi connectivity index (χ4v) is 3.08. The molecule has 0 fully saturated rings. The van der Waals surface area contributed by atoms with Gasteiger partial charge in [-0.05, 0) is 48.4 Å². The van der Waals surface area contributed by atoms with E-state index in [9.17, 15) is 4.79 Å². The van der Waals surface area contributed by atoms with E-state index in [1.165, 1.54) is 10.5 Å². The number of aryl methyl sites for hydroxylation is 1. The van der Waals surface area contributed by atoms with Crippen molar-refractivity contribution in [3.63, 3.8) is 0 Å². The molecule has 0 saturated carbocycles. The van der Waals surface area contributed by atoms with E-state index in [1.54, 1.807) is 18.7 Å². The van der Waals surface area contributed by atoms with Gasteiger partial charge in [-0.15, -0.1) is 11.8 Å². The second-order valence-corrected chi connectivity index (χ2v) is 6.19. The van der Waals surface area contributed by atoms with Crippen LogP contribution in [0.25, 0.3) is 0 Å². The predicted molar refractivity (Wildman–Crippen MR) is 91.2 cm³/mol. The maximum Gasteiger partial charge on any atom is 0.141 e. The van der Waals surface area contributed by atoms with Crippen molar-refractivity contribution in [1.82, 2.24) is 0 Å². The smallest absolute Gasteiger partial charge is 0.141 e. The van der Waals surface area contributed by atoms with Crippen molar-refractivity contribution >= 4 is 17.5 Å². The molecule has 0 aliphatic heterocycles. The normalized spacial score (nSPS) is 12.1. The number of benzene rings is 2. The second-order valence-electron chi connectivity index (χ2n) is 5.31. The highest BCUT2D eigenvalue weighted by Gasteiger charge is 2.19. The lowest BCUT2D eigenvalue weighted by molar-refractivity contribution is -0.117. The monoisotopic (exact) mass is 298 g/mol. The molecule has 0 saturated heterocycles. The van der Waals surface area contributed by atoms with Crippen LogP contribution in [0, 0.1) is 0 Å². The van der Waals surface area contributed by atoms with Crippen molar-refractivity contribution in [2.75, 3.05) is 6.26 Å². The summed E-state index contributed by atoms with van der Waals surface area (Å²) in [5, 5.41) is 0. The van der Waals surface area contributed by atoms with Crippen molar-refractivity contribution in [2.45, 2.75) is 37.5 Å². The van der Waals surface area contributed by atoms with Crippen LogP contribution in [0.4, 0.5) is 0 Å². The molecule has 0 heterocycles. The minimum atomic E-state index is -0.155. The number of hydrogen-bond acceptors (Lipinski definition) is 2. The summed E-state index contributed by atoms with van der Waals surface area (Å²) >= 11 is 1.72. The number of rotatable bonds is 6. The maximum absolute atomic E-state index is 12.2. The Balaban J connectivity index is 2.38. The lowest BCUT2D eigenvalue weighted by atomic mass is 9.87. The summed E-state index contributed by atoms with van der Waals surface area (Å²) < 4.78 is 0. The van der Waals surface area contributed by atoms with Crippen LogP contribution in [0.15, 0.2) is 53.4 Å². The largest absolute Gasteiger partial charge is 0.299 e. The van der Waals surface area contributed by atoms with Crippen LogP contribution < -0.4 is 0 Å². The van der Waals surface area contributed by atoms with Gasteiger partial charge in [-0.1, -0.05) is 49.7 Å². The fraction of sp³-hybridized carbons (Fsp3) is 0.316. The molecule has 1 nitrogen and oxygen atoms in total. The molecule has 21 heavy (non-hydrogen) atoms. The molecule has 1 atom stereocenters. The van der Waals surface area contributed by atoms with E-state index >= 15 is 0 Å². The molecule has 0 aliphatic rings. The first-order valence-electron chi connectivity index (χ1n) is 7.39. The van der Waals surface area contributed by atoms with Crippen molar-refractivity contribution < 1.29 is 4.79 Å². The third-order valence-electron chi connectivity index (χ3n) is 3.68. The van der Waals surface area contributed by atoms with Gasteiger partial charge >= 0.3 is 0 Å². The van der Waals surface area contributed by atoms with Crippen LogP contribution in [-0.4, -0.2) is 12.0 Å². The first-order valence-corrected chi connectivity index (χ1v) is 8.61. The molecule has 1 unspecified atom stereocenters. The van der Waals surface area contributed by atoms with Crippen LogP contribution in [0.5, 0.6) is 0 Å². The minimum absolute atomic E-state index is 0.155. The molecule has 2 aromatic carbocycles. The first kappa shape index (κ1) is 15.8. The van der Waals surface area contributed by atoms with Gasteiger partial charge in [-0.2, -0.15) is 0 Å². The number of Topliss-reactive ketones (excluding diaryl/α,β-unsaturated/α-hetero) is 1. The van der Waals surface area contributed by atoms with E-state index < -0.39 is 0 Å². The number of ketones is 1. The van der Waals surface area contributed by atoms with Crippen molar-refractivity contribution in [3.8, 4) is 0 Å². The zero-order chi connectivity index (χ0) is 15.2. The average molecular weight is 298 g/mol. The number of hydrogen-bond donors (Lipinski definition) is 0. The lowest BCUT2D eigenvalue weighted by Crippen LogP contribution is -2.10. The molecular weight excluding hydrogens is 276 g/mol. The number of thioether (sulfide) groups is 1. The molecule has 0 N–H and O–H groups in total. The summed E-state index contributed by atoms with van der Waals surface area (Å²) in [4.78, 5) is 13.4. The summed E-state index contributed by atoms with van der Waals surface area (Å²) in [6.07, 6.45) is 4.24. The van der Waals surface area contributed by atoms with E-state index in [-0.39, 0.29) is 11.7 Å². The van der Waals surface area contributed by atoms with Crippen molar-refractivity contribution in [1.29, 1.82) is 0 Å². The maximum atomic E-state index is 12.2. The Morgan fingerprint density at radius 2 is 1.81 bits per heavy atom. The van der Waals surface area contributed by atoms with E-state index in [0.717, 1.165) is 24.0 Å². The highest BCUT2D eigenvalue weighted by atomic mass is 32.2. The highest BCUT2D eigenvalue weighted by Crippen LogP contribution is 2.28. The third-order valence-corrected chi connectivity index (χ3v) is 4.42. The molecule has 2 aromatic rings. The van der Waals surface area contributed by atoms with Crippen molar-refractivity contribution in [2.24, 2.45) is 0 Å². The molecule has 2 rings (SSSR count). The van der Waals surface area contributed by atoms with Crippen molar-refractivity contribution in [3.05, 3.63) is 65.2 Å². The fourth-order valence-electron chi connectivity index (χ4n) is 2.68. The highest BCUT2D eigenvalue weighted by molar-refractivity contribution is 7.98. The van der Waals surface area contributed by atoms with Gasteiger partial charge < -0.3 is 0 Å². The molecule has 110 valence electrons. The van der Waals surface area contributed by atoms with Gasteiger partial charge in [0.2, 0.25) is 0 Å². The van der Waals surface area contributed by atoms with E-state index in [4.69, 9.17) is 0 Å². The molecule has 0 spiro atoms. The van der Waals surface area contributed by atoms with Crippen LogP contribution in [0.2, 0.25) is 0 Å². The Morgan fingerprint density at radius 1 is 1.10 bits per heavy atom. The molecule has 0 aliphatic carbocycles. The van der Waals surface area contributed by atoms with Gasteiger partial charge in [0.1, 0.15) is 5.78 Å².